The highest BCUT2D eigenvalue weighted by molar-refractivity contribution is 5.59. The molecule has 0 bridgehead atoms. The second kappa shape index (κ2) is 1.99. The van der Waals surface area contributed by atoms with E-state index in [2.05, 4.69) is 5.10 Å². The molecule has 2 N–H and O–H groups in total. The Morgan fingerprint density at radius 3 is 3.18 bits per heavy atom. The summed E-state index contributed by atoms with van der Waals surface area (Å²) in [5, 5.41) is 4.09. The molecule has 2 aromatic heterocycles. The fourth-order valence-electron chi connectivity index (χ4n) is 1.13. The summed E-state index contributed by atoms with van der Waals surface area (Å²) in [5.74, 6) is 0. The first-order chi connectivity index (χ1) is 5.27. The second-order valence-electron chi connectivity index (χ2n) is 2.62. The van der Waals surface area contributed by atoms with Gasteiger partial charge in [0.15, 0.2) is 0 Å². The zero-order chi connectivity index (χ0) is 7.84. The highest BCUT2D eigenvalue weighted by Gasteiger charge is 1.97. The van der Waals surface area contributed by atoms with Crippen LogP contribution >= 0.6 is 0 Å². The normalized spacial score (nSPS) is 10.6. The van der Waals surface area contributed by atoms with E-state index in [1.165, 1.54) is 5.56 Å². The maximum Gasteiger partial charge on any atom is 0.0709 e. The van der Waals surface area contributed by atoms with Crippen molar-refractivity contribution in [3.05, 3.63) is 30.1 Å². The Balaban J connectivity index is 2.87. The van der Waals surface area contributed by atoms with E-state index in [9.17, 15) is 0 Å². The van der Waals surface area contributed by atoms with E-state index < -0.39 is 0 Å². The molecule has 11 heavy (non-hydrogen) atoms. The molecule has 0 fully saturated rings. The average molecular weight is 147 g/mol. The van der Waals surface area contributed by atoms with Crippen molar-refractivity contribution in [3.8, 4) is 0 Å². The minimum Gasteiger partial charge on any atom is -0.397 e. The summed E-state index contributed by atoms with van der Waals surface area (Å²) in [5.41, 5.74) is 8.56. The number of fused-ring (bicyclic) bond motifs is 1. The van der Waals surface area contributed by atoms with Crippen LogP contribution in [0.25, 0.3) is 5.52 Å². The lowest BCUT2D eigenvalue weighted by Gasteiger charge is -1.95. The molecule has 0 aliphatic heterocycles. The van der Waals surface area contributed by atoms with E-state index in [0.717, 1.165) is 5.52 Å². The Morgan fingerprint density at radius 1 is 1.55 bits per heavy atom. The molecule has 0 radical (unpaired) electrons. The Bertz CT molecular complexity index is 389. The van der Waals surface area contributed by atoms with Gasteiger partial charge in [0.2, 0.25) is 0 Å². The summed E-state index contributed by atoms with van der Waals surface area (Å²) in [6, 6.07) is 3.93. The van der Waals surface area contributed by atoms with Crippen LogP contribution in [0.4, 0.5) is 5.69 Å². The van der Waals surface area contributed by atoms with E-state index in [0.29, 0.717) is 5.69 Å². The fraction of sp³-hybridized carbons (Fsp3) is 0.125. The molecule has 56 valence electrons. The first-order valence-electron chi connectivity index (χ1n) is 3.47. The molecule has 0 saturated carbocycles. The van der Waals surface area contributed by atoms with Crippen LogP contribution in [0.15, 0.2) is 24.5 Å². The molecular formula is C8H9N3. The molecule has 0 unspecified atom stereocenters. The first-order valence-corrected chi connectivity index (χ1v) is 3.47. The fourth-order valence-corrected chi connectivity index (χ4v) is 1.13. The molecule has 2 aromatic rings. The predicted octanol–water partition coefficient (Wildman–Crippen LogP) is 1.22. The lowest BCUT2D eigenvalue weighted by atomic mass is 10.3. The Hall–Kier alpha value is -1.51. The third-order valence-electron chi connectivity index (χ3n) is 1.75. The van der Waals surface area contributed by atoms with Gasteiger partial charge in [0.1, 0.15) is 0 Å². The third kappa shape index (κ3) is 0.852. The molecular weight excluding hydrogens is 138 g/mol. The number of aromatic nitrogens is 2. The van der Waals surface area contributed by atoms with Gasteiger partial charge in [0.05, 0.1) is 17.4 Å². The molecule has 0 aliphatic rings. The van der Waals surface area contributed by atoms with Crippen LogP contribution in [0, 0.1) is 6.92 Å². The molecule has 3 nitrogen and oxygen atoms in total. The molecule has 3 heteroatoms. The van der Waals surface area contributed by atoms with Gasteiger partial charge in [-0.05, 0) is 24.6 Å². The van der Waals surface area contributed by atoms with Gasteiger partial charge in [0, 0.05) is 6.20 Å². The van der Waals surface area contributed by atoms with Gasteiger partial charge in [-0.15, -0.1) is 0 Å². The lowest BCUT2D eigenvalue weighted by Crippen LogP contribution is -1.92. The van der Waals surface area contributed by atoms with Crippen LogP contribution in [-0.4, -0.2) is 9.61 Å². The van der Waals surface area contributed by atoms with Crippen LogP contribution in [-0.2, 0) is 0 Å². The standard InChI is InChI=1S/C8H9N3/c1-6-2-3-11-8(6)4-7(9)5-10-11/h2-5H,9H2,1H3. The highest BCUT2D eigenvalue weighted by atomic mass is 15.2. The number of anilines is 1. The highest BCUT2D eigenvalue weighted by Crippen LogP contribution is 2.11. The van der Waals surface area contributed by atoms with Crippen molar-refractivity contribution < 1.29 is 0 Å². The lowest BCUT2D eigenvalue weighted by molar-refractivity contribution is 0.942. The van der Waals surface area contributed by atoms with Crippen molar-refractivity contribution in [1.82, 2.24) is 9.61 Å². The number of nitrogens with two attached hydrogens (primary N) is 1. The molecule has 0 saturated heterocycles. The Labute approximate surface area is 64.4 Å². The molecule has 0 atom stereocenters. The largest absolute Gasteiger partial charge is 0.397 e. The zero-order valence-corrected chi connectivity index (χ0v) is 6.28. The van der Waals surface area contributed by atoms with Crippen molar-refractivity contribution >= 4 is 11.2 Å². The minimum absolute atomic E-state index is 0.708. The quantitative estimate of drug-likeness (QED) is 0.609. The number of hydrogen-bond donors (Lipinski definition) is 1. The first kappa shape index (κ1) is 6.22. The smallest absolute Gasteiger partial charge is 0.0709 e. The number of aryl methyl sites for hydroxylation is 1. The molecule has 0 amide bonds. The van der Waals surface area contributed by atoms with Crippen LogP contribution in [0.2, 0.25) is 0 Å². The minimum atomic E-state index is 0.708. The zero-order valence-electron chi connectivity index (χ0n) is 6.28. The van der Waals surface area contributed by atoms with Gasteiger partial charge < -0.3 is 5.73 Å². The summed E-state index contributed by atoms with van der Waals surface area (Å²) in [6.07, 6.45) is 3.57. The van der Waals surface area contributed by atoms with Crippen molar-refractivity contribution in [2.24, 2.45) is 0 Å². The maximum absolute atomic E-state index is 5.58. The van der Waals surface area contributed by atoms with E-state index in [1.807, 2.05) is 29.8 Å². The second-order valence-corrected chi connectivity index (χ2v) is 2.62. The number of nitrogen functional groups attached to an aromatic ring is 1. The van der Waals surface area contributed by atoms with Crippen molar-refractivity contribution in [2.45, 2.75) is 6.92 Å². The van der Waals surface area contributed by atoms with Crippen LogP contribution < -0.4 is 5.73 Å². The summed E-state index contributed by atoms with van der Waals surface area (Å²) in [7, 11) is 0. The molecule has 0 aliphatic carbocycles. The van der Waals surface area contributed by atoms with Gasteiger partial charge in [-0.1, -0.05) is 0 Å². The topological polar surface area (TPSA) is 43.3 Å². The predicted molar refractivity (Wildman–Crippen MR) is 44.3 cm³/mol. The van der Waals surface area contributed by atoms with Gasteiger partial charge in [-0.25, -0.2) is 4.52 Å². The molecule has 0 aromatic carbocycles. The number of rotatable bonds is 0. The summed E-state index contributed by atoms with van der Waals surface area (Å²) < 4.78 is 1.81. The van der Waals surface area contributed by atoms with Gasteiger partial charge >= 0.3 is 0 Å². The maximum atomic E-state index is 5.58. The van der Waals surface area contributed by atoms with Crippen molar-refractivity contribution in [2.75, 3.05) is 5.73 Å². The van der Waals surface area contributed by atoms with E-state index >= 15 is 0 Å². The summed E-state index contributed by atoms with van der Waals surface area (Å²) >= 11 is 0. The van der Waals surface area contributed by atoms with Crippen LogP contribution in [0.3, 0.4) is 0 Å². The molecule has 2 heterocycles. The monoisotopic (exact) mass is 147 g/mol. The molecule has 0 spiro atoms. The van der Waals surface area contributed by atoms with Gasteiger partial charge in [0.25, 0.3) is 0 Å². The van der Waals surface area contributed by atoms with E-state index in [4.69, 9.17) is 5.73 Å². The van der Waals surface area contributed by atoms with Crippen LogP contribution in [0.1, 0.15) is 5.56 Å². The number of hydrogen-bond acceptors (Lipinski definition) is 2. The van der Waals surface area contributed by atoms with E-state index in [1.54, 1.807) is 6.20 Å². The summed E-state index contributed by atoms with van der Waals surface area (Å²) in [6.45, 7) is 2.04. The Kier molecular flexibility index (Phi) is 1.12. The van der Waals surface area contributed by atoms with Crippen molar-refractivity contribution in [3.63, 3.8) is 0 Å². The van der Waals surface area contributed by atoms with E-state index in [-0.39, 0.29) is 0 Å². The number of nitrogens with zero attached hydrogens (tertiary/aromatic N) is 2. The van der Waals surface area contributed by atoms with Crippen LogP contribution in [0.5, 0.6) is 0 Å². The average Bonchev–Trinajstić information content (AvgIpc) is 2.33. The molecule has 2 rings (SSSR count). The summed E-state index contributed by atoms with van der Waals surface area (Å²) in [4.78, 5) is 0. The SMILES string of the molecule is Cc1ccn2ncc(N)cc12. The van der Waals surface area contributed by atoms with Crippen molar-refractivity contribution in [1.29, 1.82) is 0 Å². The Morgan fingerprint density at radius 2 is 2.36 bits per heavy atom. The van der Waals surface area contributed by atoms with Gasteiger partial charge in [-0.2, -0.15) is 5.10 Å². The van der Waals surface area contributed by atoms with Gasteiger partial charge in [-0.3, -0.25) is 0 Å². The third-order valence-corrected chi connectivity index (χ3v) is 1.75.